The van der Waals surface area contributed by atoms with Crippen molar-refractivity contribution in [1.29, 1.82) is 0 Å². The van der Waals surface area contributed by atoms with Crippen molar-refractivity contribution in [2.75, 3.05) is 6.73 Å². The first-order chi connectivity index (χ1) is 15.4. The summed E-state index contributed by atoms with van der Waals surface area (Å²) >= 11 is 18.2. The Morgan fingerprint density at radius 1 is 1.03 bits per heavy atom. The zero-order valence-corrected chi connectivity index (χ0v) is 19.4. The standard InChI is InChI=1S/C25H18Cl3NO3/c1-14-8-21-18(12-29(13-31-21)11-16-4-7-19(27)20(28)9-16)25-23(14)24(30)22(32-25)10-15-2-5-17(26)6-3-15/h2-10H,11-13H2,1H3/b22-10-. The molecular formula is C25H18Cl3NO3. The van der Waals surface area contributed by atoms with E-state index in [0.717, 1.165) is 28.0 Å². The van der Waals surface area contributed by atoms with Gasteiger partial charge in [-0.3, -0.25) is 9.69 Å². The predicted molar refractivity (Wildman–Crippen MR) is 127 cm³/mol. The van der Waals surface area contributed by atoms with E-state index < -0.39 is 0 Å². The van der Waals surface area contributed by atoms with Crippen molar-refractivity contribution in [3.8, 4) is 11.5 Å². The second-order valence-electron chi connectivity index (χ2n) is 7.87. The van der Waals surface area contributed by atoms with E-state index in [2.05, 4.69) is 4.90 Å². The van der Waals surface area contributed by atoms with Crippen LogP contribution < -0.4 is 9.47 Å². The Bertz CT molecular complexity index is 1270. The van der Waals surface area contributed by atoms with Gasteiger partial charge < -0.3 is 9.47 Å². The second-order valence-corrected chi connectivity index (χ2v) is 9.13. The smallest absolute Gasteiger partial charge is 0.232 e. The van der Waals surface area contributed by atoms with E-state index in [0.29, 0.717) is 52.0 Å². The SMILES string of the molecule is Cc1cc2c(c3c1C(=O)/C(=C/c1ccc(Cl)cc1)O3)CN(Cc1ccc(Cl)c(Cl)c1)CO2. The number of allylic oxidation sites excluding steroid dienone is 1. The molecule has 5 rings (SSSR count). The summed E-state index contributed by atoms with van der Waals surface area (Å²) in [5, 5.41) is 1.68. The molecule has 7 heteroatoms. The van der Waals surface area contributed by atoms with Gasteiger partial charge in [-0.05, 0) is 60.0 Å². The number of halogens is 3. The van der Waals surface area contributed by atoms with Crippen molar-refractivity contribution in [3.05, 3.63) is 97.2 Å². The summed E-state index contributed by atoms with van der Waals surface area (Å²) in [6, 6.07) is 14.7. The van der Waals surface area contributed by atoms with Crippen molar-refractivity contribution in [2.24, 2.45) is 0 Å². The maximum atomic E-state index is 13.1. The van der Waals surface area contributed by atoms with Gasteiger partial charge >= 0.3 is 0 Å². The number of nitrogens with zero attached hydrogens (tertiary/aromatic N) is 1. The van der Waals surface area contributed by atoms with Crippen LogP contribution in [-0.4, -0.2) is 17.4 Å². The Balaban J connectivity index is 1.45. The zero-order chi connectivity index (χ0) is 22.4. The fourth-order valence-electron chi connectivity index (χ4n) is 3.98. The molecule has 0 aromatic heterocycles. The van der Waals surface area contributed by atoms with Gasteiger partial charge in [0.2, 0.25) is 5.78 Å². The third kappa shape index (κ3) is 4.00. The summed E-state index contributed by atoms with van der Waals surface area (Å²) in [7, 11) is 0. The van der Waals surface area contributed by atoms with Gasteiger partial charge in [-0.25, -0.2) is 0 Å². The van der Waals surface area contributed by atoms with Gasteiger partial charge in [0.1, 0.15) is 18.2 Å². The Kier molecular flexibility index (Phi) is 5.64. The molecule has 3 aromatic rings. The average Bonchev–Trinajstić information content (AvgIpc) is 3.10. The fourth-order valence-corrected chi connectivity index (χ4v) is 4.43. The first-order valence-electron chi connectivity index (χ1n) is 10.0. The van der Waals surface area contributed by atoms with Crippen molar-refractivity contribution >= 4 is 46.7 Å². The number of ether oxygens (including phenoxy) is 2. The van der Waals surface area contributed by atoms with Crippen molar-refractivity contribution in [2.45, 2.75) is 20.0 Å². The van der Waals surface area contributed by atoms with Crippen LogP contribution in [0.15, 0.2) is 54.3 Å². The topological polar surface area (TPSA) is 38.8 Å². The molecule has 0 saturated carbocycles. The Morgan fingerprint density at radius 2 is 1.81 bits per heavy atom. The van der Waals surface area contributed by atoms with Crippen molar-refractivity contribution in [3.63, 3.8) is 0 Å². The van der Waals surface area contributed by atoms with E-state index >= 15 is 0 Å². The molecule has 3 aromatic carbocycles. The van der Waals surface area contributed by atoms with Gasteiger partial charge in [0.15, 0.2) is 5.76 Å². The maximum absolute atomic E-state index is 13.1. The van der Waals surface area contributed by atoms with Crippen LogP contribution in [0, 0.1) is 6.92 Å². The van der Waals surface area contributed by atoms with E-state index in [9.17, 15) is 4.79 Å². The molecule has 162 valence electrons. The number of fused-ring (bicyclic) bond motifs is 3. The van der Waals surface area contributed by atoms with Gasteiger partial charge in [-0.2, -0.15) is 0 Å². The minimum absolute atomic E-state index is 0.128. The van der Waals surface area contributed by atoms with Crippen LogP contribution in [0.5, 0.6) is 11.5 Å². The van der Waals surface area contributed by atoms with Crippen LogP contribution in [0.3, 0.4) is 0 Å². The molecule has 0 radical (unpaired) electrons. The minimum atomic E-state index is -0.128. The third-order valence-corrected chi connectivity index (χ3v) is 6.54. The highest BCUT2D eigenvalue weighted by Gasteiger charge is 2.35. The molecule has 32 heavy (non-hydrogen) atoms. The highest BCUT2D eigenvalue weighted by Crippen LogP contribution is 2.44. The molecule has 2 aliphatic heterocycles. The molecule has 0 unspecified atom stereocenters. The summed E-state index contributed by atoms with van der Waals surface area (Å²) < 4.78 is 12.1. The highest BCUT2D eigenvalue weighted by molar-refractivity contribution is 6.42. The lowest BCUT2D eigenvalue weighted by molar-refractivity contribution is 0.0872. The average molecular weight is 487 g/mol. The molecule has 0 N–H and O–H groups in total. The van der Waals surface area contributed by atoms with Crippen LogP contribution in [-0.2, 0) is 13.1 Å². The number of rotatable bonds is 3. The Morgan fingerprint density at radius 3 is 2.56 bits per heavy atom. The van der Waals surface area contributed by atoms with Crippen LogP contribution in [0.25, 0.3) is 6.08 Å². The number of carbonyl (C=O) groups is 1. The first kappa shape index (κ1) is 21.4. The van der Waals surface area contributed by atoms with Gasteiger partial charge in [0.25, 0.3) is 0 Å². The molecular weight excluding hydrogens is 469 g/mol. The van der Waals surface area contributed by atoms with Crippen LogP contribution in [0.4, 0.5) is 0 Å². The van der Waals surface area contributed by atoms with Crippen LogP contribution in [0.1, 0.15) is 32.6 Å². The molecule has 0 aliphatic carbocycles. The molecule has 0 atom stereocenters. The van der Waals surface area contributed by atoms with E-state index in [4.69, 9.17) is 44.3 Å². The lowest BCUT2D eigenvalue weighted by Crippen LogP contribution is -2.31. The quantitative estimate of drug-likeness (QED) is 0.377. The molecule has 4 nitrogen and oxygen atoms in total. The molecule has 2 aliphatic rings. The lowest BCUT2D eigenvalue weighted by atomic mass is 9.98. The number of hydrogen-bond donors (Lipinski definition) is 0. The Hall–Kier alpha value is -2.50. The summed E-state index contributed by atoms with van der Waals surface area (Å²) in [4.78, 5) is 15.2. The summed E-state index contributed by atoms with van der Waals surface area (Å²) in [6.07, 6.45) is 1.74. The molecule has 0 saturated heterocycles. The second kappa shape index (κ2) is 8.45. The van der Waals surface area contributed by atoms with Gasteiger partial charge in [0, 0.05) is 18.1 Å². The Labute approximate surface area is 200 Å². The monoisotopic (exact) mass is 485 g/mol. The largest absolute Gasteiger partial charge is 0.478 e. The number of hydrogen-bond acceptors (Lipinski definition) is 4. The van der Waals surface area contributed by atoms with Crippen molar-refractivity contribution in [1.82, 2.24) is 4.90 Å². The van der Waals surface area contributed by atoms with E-state index in [-0.39, 0.29) is 5.78 Å². The van der Waals surface area contributed by atoms with Gasteiger partial charge in [-0.15, -0.1) is 0 Å². The lowest BCUT2D eigenvalue weighted by Gasteiger charge is -2.30. The van der Waals surface area contributed by atoms with Crippen LogP contribution in [0.2, 0.25) is 15.1 Å². The van der Waals surface area contributed by atoms with Gasteiger partial charge in [-0.1, -0.05) is 53.0 Å². The van der Waals surface area contributed by atoms with E-state index in [1.54, 1.807) is 24.3 Å². The first-order valence-corrected chi connectivity index (χ1v) is 11.2. The van der Waals surface area contributed by atoms with E-state index in [1.807, 2.05) is 37.3 Å². The predicted octanol–water partition coefficient (Wildman–Crippen LogP) is 6.92. The number of benzene rings is 3. The van der Waals surface area contributed by atoms with Crippen molar-refractivity contribution < 1.29 is 14.3 Å². The molecule has 0 bridgehead atoms. The number of carbonyl (C=O) groups excluding carboxylic acids is 1. The summed E-state index contributed by atoms with van der Waals surface area (Å²) in [5.41, 5.74) is 4.15. The number of ketones is 1. The number of Topliss-reactive ketones (excluding diaryl/α,β-unsaturated/α-hetero) is 1. The molecule has 0 fully saturated rings. The van der Waals surface area contributed by atoms with Crippen LogP contribution >= 0.6 is 34.8 Å². The fraction of sp³-hybridized carbons (Fsp3) is 0.160. The van der Waals surface area contributed by atoms with E-state index in [1.165, 1.54) is 0 Å². The minimum Gasteiger partial charge on any atom is -0.478 e. The number of aryl methyl sites for hydroxylation is 1. The summed E-state index contributed by atoms with van der Waals surface area (Å²) in [5.74, 6) is 1.48. The maximum Gasteiger partial charge on any atom is 0.232 e. The van der Waals surface area contributed by atoms with Gasteiger partial charge in [0.05, 0.1) is 21.2 Å². The third-order valence-electron chi connectivity index (χ3n) is 5.55. The normalized spacial score (nSPS) is 16.5. The molecule has 0 amide bonds. The highest BCUT2D eigenvalue weighted by atomic mass is 35.5. The summed E-state index contributed by atoms with van der Waals surface area (Å²) in [6.45, 7) is 3.53. The molecule has 2 heterocycles. The zero-order valence-electron chi connectivity index (χ0n) is 17.1. The molecule has 0 spiro atoms.